The Morgan fingerprint density at radius 1 is 1.19 bits per heavy atom. The molecule has 2 atom stereocenters. The summed E-state index contributed by atoms with van der Waals surface area (Å²) in [5.41, 5.74) is 1.16. The highest BCUT2D eigenvalue weighted by atomic mass is 16.5. The number of methoxy groups -OCH3 is 1. The topological polar surface area (TPSA) is 66.8 Å². The minimum atomic E-state index is -1.27. The summed E-state index contributed by atoms with van der Waals surface area (Å²) in [5.74, 6) is -2.07. The van der Waals surface area contributed by atoms with Crippen LogP contribution in [0.2, 0.25) is 0 Å². The summed E-state index contributed by atoms with van der Waals surface area (Å²) >= 11 is 0. The lowest BCUT2D eigenvalue weighted by atomic mass is 9.61. The number of hydrogen-bond acceptors (Lipinski definition) is 3. The van der Waals surface area contributed by atoms with Gasteiger partial charge in [0.25, 0.3) is 0 Å². The van der Waals surface area contributed by atoms with Gasteiger partial charge in [-0.3, -0.25) is 9.59 Å². The smallest absolute Gasteiger partial charge is 0.308 e. The lowest BCUT2D eigenvalue weighted by Crippen LogP contribution is -2.57. The molecule has 0 saturated carbocycles. The number of carboxylic acids is 1. The van der Waals surface area contributed by atoms with E-state index in [1.807, 2.05) is 61.5 Å². The zero-order valence-corrected chi connectivity index (χ0v) is 15.0. The van der Waals surface area contributed by atoms with Gasteiger partial charge in [0.15, 0.2) is 0 Å². The minimum Gasteiger partial charge on any atom is -0.481 e. The van der Waals surface area contributed by atoms with E-state index in [4.69, 9.17) is 4.74 Å². The van der Waals surface area contributed by atoms with Crippen LogP contribution in [0.4, 0.5) is 0 Å². The van der Waals surface area contributed by atoms with Crippen molar-refractivity contribution in [3.63, 3.8) is 0 Å². The average Bonchev–Trinajstić information content (AvgIpc) is 2.65. The van der Waals surface area contributed by atoms with Gasteiger partial charge in [-0.2, -0.15) is 0 Å². The molecule has 0 saturated heterocycles. The lowest BCUT2D eigenvalue weighted by Gasteiger charge is -2.46. The number of hydrogen-bond donors (Lipinski definition) is 1. The van der Waals surface area contributed by atoms with Crippen LogP contribution in [-0.2, 0) is 26.3 Å². The summed E-state index contributed by atoms with van der Waals surface area (Å²) in [6, 6.07) is 16.9. The van der Waals surface area contributed by atoms with Gasteiger partial charge in [-0.1, -0.05) is 61.5 Å². The lowest BCUT2D eigenvalue weighted by molar-refractivity contribution is -0.155. The van der Waals surface area contributed by atoms with Crippen molar-refractivity contribution in [1.82, 2.24) is 4.90 Å². The SMILES string of the molecule is CCC(C(=O)O)C1(c2ccccc2)C(=O)N(COC)Cc2ccccc21. The number of carbonyl (C=O) groups excluding carboxylic acids is 1. The maximum absolute atomic E-state index is 13.7. The fraction of sp³-hybridized carbons (Fsp3) is 0.333. The summed E-state index contributed by atoms with van der Waals surface area (Å²) in [4.78, 5) is 27.5. The van der Waals surface area contributed by atoms with Crippen molar-refractivity contribution in [2.75, 3.05) is 13.8 Å². The standard InChI is InChI=1S/C21H23NO4/c1-3-17(19(23)24)21(16-10-5-4-6-11-16)18-12-8-7-9-15(18)13-22(14-26-2)20(21)25/h4-12,17H,3,13-14H2,1-2H3,(H,23,24). The number of ether oxygens (including phenoxy) is 1. The van der Waals surface area contributed by atoms with E-state index in [1.165, 1.54) is 7.11 Å². The Labute approximate surface area is 153 Å². The van der Waals surface area contributed by atoms with Crippen LogP contribution in [0.3, 0.4) is 0 Å². The molecule has 1 heterocycles. The second-order valence-corrected chi connectivity index (χ2v) is 6.55. The molecule has 0 spiro atoms. The second-order valence-electron chi connectivity index (χ2n) is 6.55. The molecule has 0 fully saturated rings. The fourth-order valence-corrected chi connectivity index (χ4v) is 4.13. The van der Waals surface area contributed by atoms with Crippen molar-refractivity contribution in [2.24, 2.45) is 5.92 Å². The Morgan fingerprint density at radius 2 is 1.85 bits per heavy atom. The Balaban J connectivity index is 2.37. The fourth-order valence-electron chi connectivity index (χ4n) is 4.13. The molecule has 0 aromatic heterocycles. The molecule has 0 radical (unpaired) electrons. The molecule has 0 aliphatic carbocycles. The Hall–Kier alpha value is -2.66. The number of nitrogens with zero attached hydrogens (tertiary/aromatic N) is 1. The summed E-state index contributed by atoms with van der Waals surface area (Å²) in [6.07, 6.45) is 0.338. The van der Waals surface area contributed by atoms with Gasteiger partial charge in [0, 0.05) is 13.7 Å². The third-order valence-electron chi connectivity index (χ3n) is 5.17. The van der Waals surface area contributed by atoms with Crippen molar-refractivity contribution in [1.29, 1.82) is 0 Å². The highest BCUT2D eigenvalue weighted by molar-refractivity contribution is 5.98. The zero-order chi connectivity index (χ0) is 18.7. The number of amides is 1. The first-order valence-electron chi connectivity index (χ1n) is 8.72. The Morgan fingerprint density at radius 3 is 2.46 bits per heavy atom. The molecule has 0 bridgehead atoms. The first-order valence-corrected chi connectivity index (χ1v) is 8.72. The van der Waals surface area contributed by atoms with Crippen LogP contribution in [0.5, 0.6) is 0 Å². The molecule has 3 rings (SSSR count). The first-order chi connectivity index (χ1) is 12.6. The number of carboxylic acid groups (broad SMARTS) is 1. The van der Waals surface area contributed by atoms with Crippen LogP contribution in [0, 0.1) is 5.92 Å². The van der Waals surface area contributed by atoms with Crippen molar-refractivity contribution < 1.29 is 19.4 Å². The Bertz CT molecular complexity index is 805. The molecule has 5 heteroatoms. The summed E-state index contributed by atoms with van der Waals surface area (Å²) < 4.78 is 5.23. The number of carbonyl (C=O) groups is 2. The molecule has 5 nitrogen and oxygen atoms in total. The van der Waals surface area contributed by atoms with E-state index in [-0.39, 0.29) is 12.6 Å². The van der Waals surface area contributed by atoms with Crippen LogP contribution in [0.1, 0.15) is 30.0 Å². The van der Waals surface area contributed by atoms with Crippen molar-refractivity contribution in [2.45, 2.75) is 25.3 Å². The van der Waals surface area contributed by atoms with Gasteiger partial charge in [-0.25, -0.2) is 0 Å². The summed E-state index contributed by atoms with van der Waals surface area (Å²) in [5, 5.41) is 10.0. The van der Waals surface area contributed by atoms with E-state index in [0.29, 0.717) is 18.5 Å². The number of fused-ring (bicyclic) bond motifs is 1. The van der Waals surface area contributed by atoms with E-state index in [1.54, 1.807) is 4.90 Å². The van der Waals surface area contributed by atoms with Crippen LogP contribution >= 0.6 is 0 Å². The second kappa shape index (κ2) is 7.30. The quantitative estimate of drug-likeness (QED) is 0.867. The predicted molar refractivity (Wildman–Crippen MR) is 97.5 cm³/mol. The highest BCUT2D eigenvalue weighted by Crippen LogP contribution is 2.47. The van der Waals surface area contributed by atoms with E-state index >= 15 is 0 Å². The maximum Gasteiger partial charge on any atom is 0.308 e. The van der Waals surface area contributed by atoms with Crippen molar-refractivity contribution in [3.8, 4) is 0 Å². The molecule has 2 aromatic rings. The molecule has 1 aliphatic rings. The summed E-state index contributed by atoms with van der Waals surface area (Å²) in [6.45, 7) is 2.35. The van der Waals surface area contributed by atoms with Crippen molar-refractivity contribution >= 4 is 11.9 Å². The first kappa shape index (κ1) is 18.1. The average molecular weight is 353 g/mol. The van der Waals surface area contributed by atoms with Gasteiger partial charge < -0.3 is 14.7 Å². The van der Waals surface area contributed by atoms with Crippen LogP contribution in [0.25, 0.3) is 0 Å². The molecule has 1 N–H and O–H groups in total. The Kier molecular flexibility index (Phi) is 5.09. The van der Waals surface area contributed by atoms with E-state index in [9.17, 15) is 14.7 Å². The minimum absolute atomic E-state index is 0.123. The normalized spacial score (nSPS) is 20.5. The third-order valence-corrected chi connectivity index (χ3v) is 5.17. The number of rotatable bonds is 6. The highest BCUT2D eigenvalue weighted by Gasteiger charge is 2.55. The molecule has 1 aliphatic heterocycles. The van der Waals surface area contributed by atoms with E-state index < -0.39 is 17.3 Å². The van der Waals surface area contributed by atoms with E-state index in [2.05, 4.69) is 0 Å². The molecular formula is C21H23NO4. The van der Waals surface area contributed by atoms with Gasteiger partial charge in [-0.05, 0) is 23.1 Å². The predicted octanol–water partition coefficient (Wildman–Crippen LogP) is 3.03. The van der Waals surface area contributed by atoms with Crippen LogP contribution in [0.15, 0.2) is 54.6 Å². The van der Waals surface area contributed by atoms with Gasteiger partial charge in [-0.15, -0.1) is 0 Å². The largest absolute Gasteiger partial charge is 0.481 e. The summed E-state index contributed by atoms with van der Waals surface area (Å²) in [7, 11) is 1.53. The van der Waals surface area contributed by atoms with Gasteiger partial charge in [0.1, 0.15) is 12.1 Å². The van der Waals surface area contributed by atoms with Crippen LogP contribution in [-0.4, -0.2) is 35.7 Å². The van der Waals surface area contributed by atoms with Gasteiger partial charge in [0.2, 0.25) is 5.91 Å². The number of aliphatic carboxylic acids is 1. The van der Waals surface area contributed by atoms with Crippen molar-refractivity contribution in [3.05, 3.63) is 71.3 Å². The molecule has 2 aromatic carbocycles. The zero-order valence-electron chi connectivity index (χ0n) is 15.0. The monoisotopic (exact) mass is 353 g/mol. The maximum atomic E-state index is 13.7. The molecule has 1 amide bonds. The molecule has 26 heavy (non-hydrogen) atoms. The van der Waals surface area contributed by atoms with E-state index in [0.717, 1.165) is 11.1 Å². The molecule has 2 unspecified atom stereocenters. The molecule has 136 valence electrons. The molecular weight excluding hydrogens is 330 g/mol. The number of benzene rings is 2. The van der Waals surface area contributed by atoms with Crippen LogP contribution < -0.4 is 0 Å². The van der Waals surface area contributed by atoms with Gasteiger partial charge >= 0.3 is 5.97 Å². The van der Waals surface area contributed by atoms with Gasteiger partial charge in [0.05, 0.1) is 5.92 Å². The third kappa shape index (κ3) is 2.69.